The molecular weight excluding hydrogens is 448 g/mol. The number of hydrogen-bond acceptors (Lipinski definition) is 2. The van der Waals surface area contributed by atoms with Crippen molar-refractivity contribution < 1.29 is 26.3 Å². The highest BCUT2D eigenvalue weighted by Gasteiger charge is 2.22. The maximum absolute atomic E-state index is 5.91. The van der Waals surface area contributed by atoms with Crippen LogP contribution in [0, 0.1) is 0 Å². The van der Waals surface area contributed by atoms with Crippen LogP contribution < -0.4 is 31.2 Å². The Balaban J connectivity index is 0.00000272. The number of methoxy groups -OCH3 is 1. The molecule has 0 radical (unpaired) electrons. The van der Waals surface area contributed by atoms with Gasteiger partial charge in [0.05, 0.1) is 17.9 Å². The zero-order chi connectivity index (χ0) is 21.1. The average Bonchev–Trinajstić information content (AvgIpc) is 2.80. The number of benzene rings is 3. The van der Waals surface area contributed by atoms with Crippen LogP contribution in [0.25, 0.3) is 32.9 Å². The maximum atomic E-state index is 5.91. The Morgan fingerprint density at radius 3 is 2.00 bits per heavy atom. The van der Waals surface area contributed by atoms with Crippen molar-refractivity contribution in [2.75, 3.05) is 25.1 Å². The minimum Gasteiger partial charge on any atom is -1.00 e. The summed E-state index contributed by atoms with van der Waals surface area (Å²) in [5.41, 5.74) is 5.91. The topological polar surface area (TPSA) is 16.4 Å². The van der Waals surface area contributed by atoms with Crippen molar-refractivity contribution in [2.45, 2.75) is 20.4 Å². The van der Waals surface area contributed by atoms with E-state index in [1.165, 1.54) is 33.1 Å². The van der Waals surface area contributed by atoms with E-state index in [9.17, 15) is 0 Å². The minimum atomic E-state index is 0. The number of nitrogens with zero attached hydrogens (tertiary/aromatic N) is 2. The monoisotopic (exact) mass is 476 g/mol. The molecule has 0 N–H and O–H groups in total. The standard InChI is InChI=1S/C27H29N2O.BrH/c1-5-18-29-24-14-10-8-12-21(24)27(22-13-9-11-15-25(22)29)23-17-16-20(19-26(23)30-4)28(6-2)7-3;/h5,8-17,19H,1,6-7,18H2,2-4H3;1H/q+1;/p-1. The SMILES string of the molecule is C=CC[n+]1c2ccccc2c(-c2ccc(N(CC)CC)cc2OC)c2ccccc21.[Br-]. The first-order valence-corrected chi connectivity index (χ1v) is 10.6. The van der Waals surface area contributed by atoms with Crippen molar-refractivity contribution in [1.82, 2.24) is 0 Å². The molecule has 0 saturated heterocycles. The van der Waals surface area contributed by atoms with E-state index in [1.54, 1.807) is 7.11 Å². The number of pyridine rings is 1. The van der Waals surface area contributed by atoms with Crippen LogP contribution in [0.2, 0.25) is 0 Å². The van der Waals surface area contributed by atoms with E-state index in [-0.39, 0.29) is 17.0 Å². The number of allylic oxidation sites excluding steroid dienone is 1. The van der Waals surface area contributed by atoms with Crippen LogP contribution >= 0.6 is 0 Å². The van der Waals surface area contributed by atoms with Crippen LogP contribution in [0.1, 0.15) is 13.8 Å². The molecule has 0 atom stereocenters. The van der Waals surface area contributed by atoms with Gasteiger partial charge in [-0.2, -0.15) is 4.57 Å². The summed E-state index contributed by atoms with van der Waals surface area (Å²) in [6.07, 6.45) is 1.96. The number of rotatable bonds is 7. The number of fused-ring (bicyclic) bond motifs is 2. The van der Waals surface area contributed by atoms with Gasteiger partial charge in [-0.3, -0.25) is 0 Å². The summed E-state index contributed by atoms with van der Waals surface area (Å²) < 4.78 is 8.24. The van der Waals surface area contributed by atoms with Gasteiger partial charge in [0.2, 0.25) is 11.0 Å². The van der Waals surface area contributed by atoms with Gasteiger partial charge in [0.25, 0.3) is 0 Å². The Bertz CT molecular complexity index is 1160. The molecule has 0 saturated carbocycles. The molecular formula is C27H29BrN2O. The van der Waals surface area contributed by atoms with Crippen LogP contribution in [0.5, 0.6) is 5.75 Å². The number of para-hydroxylation sites is 2. The molecule has 0 fully saturated rings. The van der Waals surface area contributed by atoms with E-state index >= 15 is 0 Å². The Morgan fingerprint density at radius 2 is 1.48 bits per heavy atom. The molecule has 31 heavy (non-hydrogen) atoms. The first-order chi connectivity index (χ1) is 14.7. The average molecular weight is 477 g/mol. The fourth-order valence-electron chi connectivity index (χ4n) is 4.40. The molecule has 160 valence electrons. The fourth-order valence-corrected chi connectivity index (χ4v) is 4.40. The third-order valence-corrected chi connectivity index (χ3v) is 5.82. The van der Waals surface area contributed by atoms with E-state index in [1.807, 2.05) is 6.08 Å². The number of hydrogen-bond donors (Lipinski definition) is 0. The van der Waals surface area contributed by atoms with Gasteiger partial charge >= 0.3 is 0 Å². The largest absolute Gasteiger partial charge is 1.00 e. The lowest BCUT2D eigenvalue weighted by molar-refractivity contribution is -0.634. The summed E-state index contributed by atoms with van der Waals surface area (Å²) in [7, 11) is 1.76. The second-order valence-corrected chi connectivity index (χ2v) is 7.37. The zero-order valence-electron chi connectivity index (χ0n) is 18.4. The van der Waals surface area contributed by atoms with Crippen molar-refractivity contribution in [3.05, 3.63) is 79.4 Å². The molecule has 0 bridgehead atoms. The van der Waals surface area contributed by atoms with Crippen molar-refractivity contribution in [3.63, 3.8) is 0 Å². The van der Waals surface area contributed by atoms with E-state index in [0.717, 1.165) is 30.9 Å². The highest BCUT2D eigenvalue weighted by molar-refractivity contribution is 6.08. The number of halogens is 1. The Kier molecular flexibility index (Phi) is 7.34. The molecule has 0 amide bonds. The lowest BCUT2D eigenvalue weighted by Gasteiger charge is -2.23. The lowest BCUT2D eigenvalue weighted by Crippen LogP contribution is -3.00. The summed E-state index contributed by atoms with van der Waals surface area (Å²) in [4.78, 5) is 2.34. The molecule has 0 spiro atoms. The van der Waals surface area contributed by atoms with Crippen LogP contribution in [0.3, 0.4) is 0 Å². The van der Waals surface area contributed by atoms with Gasteiger partial charge in [0, 0.05) is 48.1 Å². The second kappa shape index (κ2) is 9.97. The molecule has 1 aromatic heterocycles. The Morgan fingerprint density at radius 1 is 0.903 bits per heavy atom. The molecule has 0 aliphatic rings. The lowest BCUT2D eigenvalue weighted by atomic mass is 9.94. The third kappa shape index (κ3) is 4.05. The van der Waals surface area contributed by atoms with E-state index in [4.69, 9.17) is 4.74 Å². The first kappa shape index (κ1) is 22.8. The quantitative estimate of drug-likeness (QED) is 0.231. The molecule has 1 heterocycles. The third-order valence-electron chi connectivity index (χ3n) is 5.82. The summed E-state index contributed by atoms with van der Waals surface area (Å²) >= 11 is 0. The van der Waals surface area contributed by atoms with Crippen molar-refractivity contribution >= 4 is 27.5 Å². The number of ether oxygens (including phenoxy) is 1. The van der Waals surface area contributed by atoms with Gasteiger partial charge < -0.3 is 26.6 Å². The Labute approximate surface area is 195 Å². The molecule has 3 aromatic carbocycles. The smallest absolute Gasteiger partial charge is 0.213 e. The van der Waals surface area contributed by atoms with Crippen molar-refractivity contribution in [1.29, 1.82) is 0 Å². The zero-order valence-corrected chi connectivity index (χ0v) is 20.0. The minimum absolute atomic E-state index is 0. The van der Waals surface area contributed by atoms with Crippen LogP contribution in [0.15, 0.2) is 79.4 Å². The predicted octanol–water partition coefficient (Wildman–Crippen LogP) is 2.99. The molecule has 4 aromatic rings. The Hall–Kier alpha value is -2.85. The molecule has 0 aliphatic heterocycles. The fraction of sp³-hybridized carbons (Fsp3) is 0.222. The van der Waals surface area contributed by atoms with Gasteiger partial charge in [-0.05, 0) is 44.2 Å². The summed E-state index contributed by atoms with van der Waals surface area (Å²) in [5, 5.41) is 2.43. The normalized spacial score (nSPS) is 10.7. The van der Waals surface area contributed by atoms with Crippen molar-refractivity contribution in [3.8, 4) is 16.9 Å². The van der Waals surface area contributed by atoms with Crippen molar-refractivity contribution in [2.24, 2.45) is 0 Å². The maximum Gasteiger partial charge on any atom is 0.213 e. The summed E-state index contributed by atoms with van der Waals surface area (Å²) in [6, 6.07) is 23.8. The van der Waals surface area contributed by atoms with Gasteiger partial charge in [-0.15, -0.1) is 0 Å². The van der Waals surface area contributed by atoms with Crippen LogP contribution in [0.4, 0.5) is 5.69 Å². The molecule has 4 rings (SSSR count). The molecule has 4 heteroatoms. The summed E-state index contributed by atoms with van der Waals surface area (Å²) in [6.45, 7) is 11.0. The van der Waals surface area contributed by atoms with Gasteiger partial charge in [-0.1, -0.05) is 30.8 Å². The molecule has 0 unspecified atom stereocenters. The van der Waals surface area contributed by atoms with E-state index in [2.05, 4.69) is 96.6 Å². The molecule has 0 aliphatic carbocycles. The van der Waals surface area contributed by atoms with Crippen LogP contribution in [-0.4, -0.2) is 20.2 Å². The number of aromatic nitrogens is 1. The highest BCUT2D eigenvalue weighted by Crippen LogP contribution is 2.40. The van der Waals surface area contributed by atoms with E-state index < -0.39 is 0 Å². The van der Waals surface area contributed by atoms with Gasteiger partial charge in [-0.25, -0.2) is 0 Å². The molecule has 3 nitrogen and oxygen atoms in total. The highest BCUT2D eigenvalue weighted by atomic mass is 79.9. The van der Waals surface area contributed by atoms with Crippen LogP contribution in [-0.2, 0) is 6.54 Å². The van der Waals surface area contributed by atoms with Gasteiger partial charge in [0.1, 0.15) is 5.75 Å². The predicted molar refractivity (Wildman–Crippen MR) is 127 cm³/mol. The second-order valence-electron chi connectivity index (χ2n) is 7.37. The van der Waals surface area contributed by atoms with E-state index in [0.29, 0.717) is 0 Å². The van der Waals surface area contributed by atoms with Gasteiger partial charge in [0.15, 0.2) is 6.54 Å². The summed E-state index contributed by atoms with van der Waals surface area (Å²) in [5.74, 6) is 0.899. The number of anilines is 1. The first-order valence-electron chi connectivity index (χ1n) is 10.6.